The van der Waals surface area contributed by atoms with Gasteiger partial charge in [-0.15, -0.1) is 11.3 Å². The number of ether oxygens (including phenoxy) is 1. The number of fused-ring (bicyclic) bond motifs is 1. The number of rotatable bonds is 3. The van der Waals surface area contributed by atoms with E-state index in [4.69, 9.17) is 9.72 Å². The van der Waals surface area contributed by atoms with E-state index >= 15 is 0 Å². The van der Waals surface area contributed by atoms with Crippen molar-refractivity contribution in [1.29, 1.82) is 0 Å². The van der Waals surface area contributed by atoms with Crippen molar-refractivity contribution in [2.24, 2.45) is 0 Å². The Hall–Kier alpha value is -2.44. The Bertz CT molecular complexity index is 947. The zero-order chi connectivity index (χ0) is 16.6. The highest BCUT2D eigenvalue weighted by Gasteiger charge is 2.24. The molecular weight excluding hydrogens is 332 g/mol. The molecule has 25 heavy (non-hydrogen) atoms. The first-order chi connectivity index (χ1) is 12.4. The molecule has 1 aliphatic carbocycles. The third-order valence-electron chi connectivity index (χ3n) is 4.42. The molecule has 0 saturated carbocycles. The molecule has 1 unspecified atom stereocenters. The van der Waals surface area contributed by atoms with Crippen molar-refractivity contribution in [2.45, 2.75) is 25.4 Å². The summed E-state index contributed by atoms with van der Waals surface area (Å²) in [4.78, 5) is 19.3. The first kappa shape index (κ1) is 14.9. The Morgan fingerprint density at radius 2 is 2.12 bits per heavy atom. The van der Waals surface area contributed by atoms with Crippen LogP contribution in [-0.2, 0) is 11.2 Å². The number of nitrogens with zero attached hydrogens (tertiary/aromatic N) is 4. The second kappa shape index (κ2) is 6.13. The average Bonchev–Trinajstić information content (AvgIpc) is 3.34. The first-order valence-corrected chi connectivity index (χ1v) is 9.24. The highest BCUT2D eigenvalue weighted by Crippen LogP contribution is 2.34. The summed E-state index contributed by atoms with van der Waals surface area (Å²) in [5.41, 5.74) is 5.32. The van der Waals surface area contributed by atoms with Crippen molar-refractivity contribution >= 4 is 16.9 Å². The molecular formula is C19H16N4OS. The van der Waals surface area contributed by atoms with Gasteiger partial charge >= 0.3 is 0 Å². The van der Waals surface area contributed by atoms with Crippen LogP contribution in [0.25, 0.3) is 26.7 Å². The molecule has 124 valence electrons. The molecule has 5 nitrogen and oxygen atoms in total. The van der Waals surface area contributed by atoms with Gasteiger partial charge in [-0.1, -0.05) is 0 Å². The molecule has 3 aromatic rings. The van der Waals surface area contributed by atoms with Crippen LogP contribution in [0.4, 0.5) is 0 Å². The lowest BCUT2D eigenvalue weighted by Crippen LogP contribution is -2.08. The molecule has 0 radical (unpaired) electrons. The standard InChI is InChI=1S/C19H16N4OS/c1-3-12(7-14-11-24-14)18-15(5-1)21-9-16(23-18)17-10-22-19(25-17)13-4-2-6-20-8-13/h2,4,6-10,14H,1,3,5,11H2. The fourth-order valence-electron chi connectivity index (χ4n) is 3.09. The Morgan fingerprint density at radius 1 is 1.16 bits per heavy atom. The maximum atomic E-state index is 5.36. The number of hydrogen-bond donors (Lipinski definition) is 0. The Morgan fingerprint density at radius 3 is 2.96 bits per heavy atom. The van der Waals surface area contributed by atoms with E-state index in [-0.39, 0.29) is 6.10 Å². The zero-order valence-corrected chi connectivity index (χ0v) is 14.4. The fourth-order valence-corrected chi connectivity index (χ4v) is 3.95. The van der Waals surface area contributed by atoms with Crippen molar-refractivity contribution in [3.63, 3.8) is 0 Å². The van der Waals surface area contributed by atoms with Crippen LogP contribution in [0.15, 0.2) is 43.0 Å². The van der Waals surface area contributed by atoms with Gasteiger partial charge in [-0.3, -0.25) is 9.97 Å². The molecule has 4 heterocycles. The van der Waals surface area contributed by atoms with Crippen LogP contribution >= 0.6 is 11.3 Å². The number of aromatic nitrogens is 4. The summed E-state index contributed by atoms with van der Waals surface area (Å²) in [5, 5.41) is 0.949. The average molecular weight is 348 g/mol. The highest BCUT2D eigenvalue weighted by molar-refractivity contribution is 7.18. The Kier molecular flexibility index (Phi) is 3.64. The summed E-state index contributed by atoms with van der Waals surface area (Å²) in [6.07, 6.45) is 13.0. The van der Waals surface area contributed by atoms with Gasteiger partial charge in [-0.05, 0) is 43.0 Å². The predicted molar refractivity (Wildman–Crippen MR) is 97.0 cm³/mol. The third kappa shape index (κ3) is 2.99. The molecule has 1 atom stereocenters. The largest absolute Gasteiger partial charge is 0.369 e. The topological polar surface area (TPSA) is 64.1 Å². The van der Waals surface area contributed by atoms with E-state index in [0.29, 0.717) is 0 Å². The van der Waals surface area contributed by atoms with Gasteiger partial charge in [-0.25, -0.2) is 9.97 Å². The van der Waals surface area contributed by atoms with Crippen LogP contribution in [0.2, 0.25) is 0 Å². The smallest absolute Gasteiger partial charge is 0.125 e. The van der Waals surface area contributed by atoms with Gasteiger partial charge in [0.05, 0.1) is 35.2 Å². The minimum Gasteiger partial charge on any atom is -0.369 e. The molecule has 1 aliphatic heterocycles. The molecule has 0 aromatic carbocycles. The molecule has 2 aliphatic rings. The van der Waals surface area contributed by atoms with Gasteiger partial charge in [-0.2, -0.15) is 0 Å². The molecule has 5 rings (SSSR count). The Balaban J connectivity index is 1.52. The number of thiazole rings is 1. The van der Waals surface area contributed by atoms with E-state index in [9.17, 15) is 0 Å². The van der Waals surface area contributed by atoms with Gasteiger partial charge in [0.1, 0.15) is 10.7 Å². The van der Waals surface area contributed by atoms with E-state index in [0.717, 1.165) is 58.4 Å². The SMILES string of the molecule is C(=C1CCCc2ncc(-c3cnc(-c4cccnc4)s3)nc21)C1CO1. The maximum absolute atomic E-state index is 5.36. The van der Waals surface area contributed by atoms with E-state index in [1.807, 2.05) is 30.7 Å². The van der Waals surface area contributed by atoms with Crippen LogP contribution in [0.5, 0.6) is 0 Å². The number of aryl methyl sites for hydroxylation is 1. The van der Waals surface area contributed by atoms with Crippen molar-refractivity contribution in [1.82, 2.24) is 19.9 Å². The van der Waals surface area contributed by atoms with E-state index in [1.165, 1.54) is 5.57 Å². The van der Waals surface area contributed by atoms with Gasteiger partial charge in [0.15, 0.2) is 0 Å². The summed E-state index contributed by atoms with van der Waals surface area (Å²) in [7, 11) is 0. The van der Waals surface area contributed by atoms with Crippen molar-refractivity contribution in [2.75, 3.05) is 6.61 Å². The first-order valence-electron chi connectivity index (χ1n) is 8.42. The minimum atomic E-state index is 0.270. The van der Waals surface area contributed by atoms with Crippen molar-refractivity contribution in [3.8, 4) is 21.1 Å². The van der Waals surface area contributed by atoms with Crippen LogP contribution < -0.4 is 0 Å². The number of allylic oxidation sites excluding steroid dienone is 1. The van der Waals surface area contributed by atoms with Crippen LogP contribution in [0.1, 0.15) is 24.2 Å². The lowest BCUT2D eigenvalue weighted by atomic mass is 9.94. The molecule has 1 saturated heterocycles. The Labute approximate surface area is 149 Å². The maximum Gasteiger partial charge on any atom is 0.125 e. The van der Waals surface area contributed by atoms with E-state index < -0.39 is 0 Å². The van der Waals surface area contributed by atoms with Crippen LogP contribution in [0.3, 0.4) is 0 Å². The fraction of sp³-hybridized carbons (Fsp3) is 0.263. The number of epoxide rings is 1. The molecule has 1 fully saturated rings. The zero-order valence-electron chi connectivity index (χ0n) is 13.6. The number of hydrogen-bond acceptors (Lipinski definition) is 6. The summed E-state index contributed by atoms with van der Waals surface area (Å²) in [6.45, 7) is 0.829. The molecule has 0 spiro atoms. The number of pyridine rings is 1. The molecule has 6 heteroatoms. The highest BCUT2D eigenvalue weighted by atomic mass is 32.1. The van der Waals surface area contributed by atoms with Crippen molar-refractivity contribution < 1.29 is 4.74 Å². The van der Waals surface area contributed by atoms with Gasteiger partial charge in [0, 0.05) is 24.2 Å². The quantitative estimate of drug-likeness (QED) is 0.674. The van der Waals surface area contributed by atoms with Crippen LogP contribution in [0, 0.1) is 0 Å². The van der Waals surface area contributed by atoms with Gasteiger partial charge < -0.3 is 4.74 Å². The van der Waals surface area contributed by atoms with Crippen LogP contribution in [-0.4, -0.2) is 32.6 Å². The lowest BCUT2D eigenvalue weighted by molar-refractivity contribution is 0.440. The summed E-state index contributed by atoms with van der Waals surface area (Å²) < 4.78 is 5.36. The second-order valence-corrected chi connectivity index (χ2v) is 7.27. The molecule has 0 amide bonds. The molecule has 0 bridgehead atoms. The van der Waals surface area contributed by atoms with E-state index in [2.05, 4.69) is 21.0 Å². The lowest BCUT2D eigenvalue weighted by Gasteiger charge is -2.17. The molecule has 3 aromatic heterocycles. The summed E-state index contributed by atoms with van der Waals surface area (Å²) >= 11 is 1.62. The van der Waals surface area contributed by atoms with Gasteiger partial charge in [0.25, 0.3) is 0 Å². The summed E-state index contributed by atoms with van der Waals surface area (Å²) in [6, 6.07) is 3.94. The summed E-state index contributed by atoms with van der Waals surface area (Å²) in [5.74, 6) is 0. The van der Waals surface area contributed by atoms with Gasteiger partial charge in [0.2, 0.25) is 0 Å². The van der Waals surface area contributed by atoms with Crippen molar-refractivity contribution in [3.05, 3.63) is 54.4 Å². The van der Waals surface area contributed by atoms with E-state index in [1.54, 1.807) is 17.5 Å². The predicted octanol–water partition coefficient (Wildman–Crippen LogP) is 3.78. The molecule has 0 N–H and O–H groups in total. The third-order valence-corrected chi connectivity index (χ3v) is 5.49. The second-order valence-electron chi connectivity index (χ2n) is 6.24. The minimum absolute atomic E-state index is 0.270. The monoisotopic (exact) mass is 348 g/mol. The normalized spacial score (nSPS) is 20.5.